The predicted molar refractivity (Wildman–Crippen MR) is 72.8 cm³/mol. The van der Waals surface area contributed by atoms with Crippen LogP contribution >= 0.6 is 11.8 Å². The minimum absolute atomic E-state index is 0.115. The molecule has 18 heavy (non-hydrogen) atoms. The second-order valence-corrected chi connectivity index (χ2v) is 4.57. The van der Waals surface area contributed by atoms with Gasteiger partial charge in [0.2, 0.25) is 5.91 Å². The normalized spacial score (nSPS) is 9.89. The van der Waals surface area contributed by atoms with E-state index in [2.05, 4.69) is 10.1 Å². The highest BCUT2D eigenvalue weighted by Gasteiger charge is 2.07. The Morgan fingerprint density at radius 2 is 2.22 bits per heavy atom. The average molecular weight is 268 g/mol. The molecule has 0 saturated heterocycles. The van der Waals surface area contributed by atoms with Gasteiger partial charge in [-0.1, -0.05) is 6.07 Å². The number of rotatable bonds is 6. The first kappa shape index (κ1) is 14.5. The maximum Gasteiger partial charge on any atom is 0.337 e. The van der Waals surface area contributed by atoms with Crippen molar-refractivity contribution in [1.29, 1.82) is 0 Å². The van der Waals surface area contributed by atoms with Crippen molar-refractivity contribution in [2.45, 2.75) is 0 Å². The number of amides is 1. The summed E-state index contributed by atoms with van der Waals surface area (Å²) < 4.78 is 4.61. The van der Waals surface area contributed by atoms with Crippen LogP contribution in [0.25, 0.3) is 0 Å². The number of thioether (sulfide) groups is 1. The summed E-state index contributed by atoms with van der Waals surface area (Å²) in [6.45, 7) is 0.551. The molecule has 0 bridgehead atoms. The predicted octanol–water partition coefficient (Wildman–Crippen LogP) is 1.10. The summed E-state index contributed by atoms with van der Waals surface area (Å²) in [6, 6.07) is 6.62. The molecule has 0 unspecified atom stereocenters. The molecule has 0 aliphatic heterocycles. The van der Waals surface area contributed by atoms with Crippen LogP contribution in [0.15, 0.2) is 24.3 Å². The zero-order chi connectivity index (χ0) is 13.4. The summed E-state index contributed by atoms with van der Waals surface area (Å²) in [5.41, 5.74) is 6.32. The fourth-order valence-electron chi connectivity index (χ4n) is 1.29. The lowest BCUT2D eigenvalue weighted by Crippen LogP contribution is -2.15. The van der Waals surface area contributed by atoms with Crippen LogP contribution in [0.1, 0.15) is 10.4 Å². The number of hydrogen-bond donors (Lipinski definition) is 2. The molecule has 0 aromatic heterocycles. The van der Waals surface area contributed by atoms with Crippen LogP contribution in [0.2, 0.25) is 0 Å². The fraction of sp³-hybridized carbons (Fsp3) is 0.333. The summed E-state index contributed by atoms with van der Waals surface area (Å²) in [6.07, 6.45) is 0. The maximum atomic E-state index is 11.5. The number of methoxy groups -OCH3 is 1. The van der Waals surface area contributed by atoms with Crippen molar-refractivity contribution in [2.24, 2.45) is 5.73 Å². The van der Waals surface area contributed by atoms with Gasteiger partial charge in [0.05, 0.1) is 18.4 Å². The molecule has 0 aliphatic carbocycles. The lowest BCUT2D eigenvalue weighted by atomic mass is 10.2. The Kier molecular flexibility index (Phi) is 6.24. The van der Waals surface area contributed by atoms with Crippen molar-refractivity contribution >= 4 is 29.3 Å². The second-order valence-electron chi connectivity index (χ2n) is 3.46. The SMILES string of the molecule is COC(=O)c1cccc(NC(=O)CSCCN)c1. The summed E-state index contributed by atoms with van der Waals surface area (Å²) in [7, 11) is 1.32. The molecule has 6 heteroatoms. The van der Waals surface area contributed by atoms with Crippen LogP contribution < -0.4 is 11.1 Å². The van der Waals surface area contributed by atoms with Crippen LogP contribution in [0.5, 0.6) is 0 Å². The summed E-state index contributed by atoms with van der Waals surface area (Å²) in [5, 5.41) is 2.71. The molecule has 0 spiro atoms. The smallest absolute Gasteiger partial charge is 0.337 e. The van der Waals surface area contributed by atoms with E-state index in [1.54, 1.807) is 24.3 Å². The molecule has 1 rings (SSSR count). The van der Waals surface area contributed by atoms with Gasteiger partial charge in [0, 0.05) is 18.0 Å². The van der Waals surface area contributed by atoms with Gasteiger partial charge in [-0.15, -0.1) is 0 Å². The minimum Gasteiger partial charge on any atom is -0.465 e. The number of nitrogens with one attached hydrogen (secondary N) is 1. The summed E-state index contributed by atoms with van der Waals surface area (Å²) in [5.74, 6) is 0.550. The summed E-state index contributed by atoms with van der Waals surface area (Å²) >= 11 is 1.47. The van der Waals surface area contributed by atoms with Crippen molar-refractivity contribution < 1.29 is 14.3 Å². The van der Waals surface area contributed by atoms with Gasteiger partial charge in [0.15, 0.2) is 0 Å². The third-order valence-corrected chi connectivity index (χ3v) is 3.05. The van der Waals surface area contributed by atoms with Gasteiger partial charge in [-0.3, -0.25) is 4.79 Å². The number of hydrogen-bond acceptors (Lipinski definition) is 5. The highest BCUT2D eigenvalue weighted by Crippen LogP contribution is 2.12. The van der Waals surface area contributed by atoms with Crippen LogP contribution in [-0.2, 0) is 9.53 Å². The molecular weight excluding hydrogens is 252 g/mol. The molecule has 1 aromatic rings. The molecule has 0 heterocycles. The first-order chi connectivity index (χ1) is 8.67. The Labute approximate surface area is 110 Å². The Balaban J connectivity index is 2.56. The van der Waals surface area contributed by atoms with E-state index in [-0.39, 0.29) is 5.91 Å². The van der Waals surface area contributed by atoms with Crippen molar-refractivity contribution in [3.63, 3.8) is 0 Å². The van der Waals surface area contributed by atoms with Gasteiger partial charge < -0.3 is 15.8 Å². The number of esters is 1. The van der Waals surface area contributed by atoms with Crippen molar-refractivity contribution in [3.05, 3.63) is 29.8 Å². The number of carbonyl (C=O) groups is 2. The van der Waals surface area contributed by atoms with Crippen molar-refractivity contribution in [2.75, 3.05) is 30.5 Å². The van der Waals surface area contributed by atoms with E-state index in [0.29, 0.717) is 23.5 Å². The standard InChI is InChI=1S/C12H16N2O3S/c1-17-12(16)9-3-2-4-10(7-9)14-11(15)8-18-6-5-13/h2-4,7H,5-6,8,13H2,1H3,(H,14,15). The van der Waals surface area contributed by atoms with Gasteiger partial charge >= 0.3 is 5.97 Å². The van der Waals surface area contributed by atoms with Gasteiger partial charge in [-0.2, -0.15) is 11.8 Å². The molecule has 0 atom stereocenters. The number of ether oxygens (including phenoxy) is 1. The highest BCUT2D eigenvalue weighted by molar-refractivity contribution is 7.99. The van der Waals surface area contributed by atoms with Gasteiger partial charge in [0.25, 0.3) is 0 Å². The molecule has 0 fully saturated rings. The molecule has 5 nitrogen and oxygen atoms in total. The molecule has 1 aromatic carbocycles. The van der Waals surface area contributed by atoms with E-state index in [0.717, 1.165) is 5.75 Å². The first-order valence-corrected chi connectivity index (χ1v) is 6.59. The van der Waals surface area contributed by atoms with Gasteiger partial charge in [-0.25, -0.2) is 4.79 Å². The lowest BCUT2D eigenvalue weighted by Gasteiger charge is -2.06. The highest BCUT2D eigenvalue weighted by atomic mass is 32.2. The first-order valence-electron chi connectivity index (χ1n) is 5.43. The van der Waals surface area contributed by atoms with E-state index < -0.39 is 5.97 Å². The van der Waals surface area contributed by atoms with Gasteiger partial charge in [-0.05, 0) is 18.2 Å². The molecule has 1 amide bonds. The zero-order valence-electron chi connectivity index (χ0n) is 10.1. The molecule has 98 valence electrons. The average Bonchev–Trinajstić information content (AvgIpc) is 2.38. The topological polar surface area (TPSA) is 81.4 Å². The van der Waals surface area contributed by atoms with Gasteiger partial charge in [0.1, 0.15) is 0 Å². The second kappa shape index (κ2) is 7.73. The third-order valence-electron chi connectivity index (χ3n) is 2.06. The fourth-order valence-corrected chi connectivity index (χ4v) is 1.86. The Hall–Kier alpha value is -1.53. The van der Waals surface area contributed by atoms with Crippen LogP contribution in [-0.4, -0.2) is 37.0 Å². The lowest BCUT2D eigenvalue weighted by molar-refractivity contribution is -0.113. The third kappa shape index (κ3) is 4.77. The van der Waals surface area contributed by atoms with E-state index in [9.17, 15) is 9.59 Å². The van der Waals surface area contributed by atoms with Crippen molar-refractivity contribution in [1.82, 2.24) is 0 Å². The molecule has 0 aliphatic rings. The molecular formula is C12H16N2O3S. The number of carbonyl (C=O) groups excluding carboxylic acids is 2. The monoisotopic (exact) mass is 268 g/mol. The van der Waals surface area contributed by atoms with E-state index >= 15 is 0 Å². The van der Waals surface area contributed by atoms with Crippen LogP contribution in [0, 0.1) is 0 Å². The molecule has 0 saturated carbocycles. The van der Waals surface area contributed by atoms with Crippen LogP contribution in [0.3, 0.4) is 0 Å². The van der Waals surface area contributed by atoms with E-state index in [1.807, 2.05) is 0 Å². The minimum atomic E-state index is -0.427. The zero-order valence-corrected chi connectivity index (χ0v) is 11.0. The Morgan fingerprint density at radius 1 is 1.44 bits per heavy atom. The largest absolute Gasteiger partial charge is 0.465 e. The quantitative estimate of drug-likeness (QED) is 0.596. The Morgan fingerprint density at radius 3 is 2.89 bits per heavy atom. The van der Waals surface area contributed by atoms with Crippen LogP contribution in [0.4, 0.5) is 5.69 Å². The number of benzene rings is 1. The van der Waals surface area contributed by atoms with E-state index in [4.69, 9.17) is 5.73 Å². The molecule has 3 N–H and O–H groups in total. The number of nitrogens with two attached hydrogens (primary N) is 1. The molecule has 0 radical (unpaired) electrons. The summed E-state index contributed by atoms with van der Waals surface area (Å²) in [4.78, 5) is 22.9. The van der Waals surface area contributed by atoms with E-state index in [1.165, 1.54) is 18.9 Å². The van der Waals surface area contributed by atoms with Crippen molar-refractivity contribution in [3.8, 4) is 0 Å². The number of anilines is 1. The Bertz CT molecular complexity index is 424. The maximum absolute atomic E-state index is 11.5.